The smallest absolute Gasteiger partial charge is 0.464 e. The molecule has 19 heteroatoms. The molecule has 0 amide bonds. The van der Waals surface area contributed by atoms with Crippen molar-refractivity contribution in [3.05, 3.63) is 64.3 Å². The van der Waals surface area contributed by atoms with E-state index in [2.05, 4.69) is 40.6 Å². The summed E-state index contributed by atoms with van der Waals surface area (Å²) in [6.07, 6.45) is 9.64. The predicted octanol–water partition coefficient (Wildman–Crippen LogP) is 6.48. The van der Waals surface area contributed by atoms with E-state index in [4.69, 9.17) is 37.5 Å². The Kier molecular flexibility index (Phi) is 16.9. The van der Waals surface area contributed by atoms with Gasteiger partial charge < -0.3 is 41.7 Å². The molecule has 328 valence electrons. The van der Waals surface area contributed by atoms with E-state index in [0.717, 1.165) is 51.4 Å². The van der Waals surface area contributed by atoms with Gasteiger partial charge in [-0.3, -0.25) is 19.1 Å². The molecule has 2 N–H and O–H groups in total. The molecular formula is C40H62N7O11P. The number of allylic oxidation sites excluding steroid dienone is 2. The molecule has 59 heavy (non-hydrogen) atoms. The molecule has 4 heterocycles. The lowest BCUT2D eigenvalue weighted by molar-refractivity contribution is -0.149. The van der Waals surface area contributed by atoms with Crippen LogP contribution in [0.3, 0.4) is 0 Å². The van der Waals surface area contributed by atoms with Crippen molar-refractivity contribution < 1.29 is 46.7 Å². The molecule has 3 aromatic heterocycles. The van der Waals surface area contributed by atoms with Gasteiger partial charge in [0.05, 0.1) is 45.1 Å². The first-order valence-electron chi connectivity index (χ1n) is 20.3. The molecule has 0 fully saturated rings. The quantitative estimate of drug-likeness (QED) is 0.0531. The number of aromatic nitrogens is 4. The molecule has 0 aromatic carbocycles. The molecule has 0 saturated carbocycles. The molecule has 3 aromatic rings. The monoisotopic (exact) mass is 847 g/mol. The van der Waals surface area contributed by atoms with E-state index in [1.807, 2.05) is 0 Å². The number of hydrogen-bond acceptors (Lipinski definition) is 14. The molecular weight excluding hydrogens is 785 g/mol. The standard InChI is InChI=1S/C40H62N7O11P/c1-11-13-15-17-19-52-36(48)39(7,8)44-59(51,45-40(9,10)37(49)53-20-18-16-14-12-2)26-54-27(3)22-46-24-42-33-34(41-21-31-28(4)56-38(50)58-31)47(25-43-35(33)46)23-32-29(5)55-30(6)57-32/h24-25,27H,6,11-23,26H2,1-5,7-10H3,(H2,44,45,51)/b41-34+/t27-/m1/s1. The minimum absolute atomic E-state index is 0.0219. The van der Waals surface area contributed by atoms with Crippen molar-refractivity contribution in [2.75, 3.05) is 19.6 Å². The van der Waals surface area contributed by atoms with Gasteiger partial charge in [-0.1, -0.05) is 52.4 Å². The number of ether oxygens (including phenoxy) is 5. The molecule has 18 nitrogen and oxygen atoms in total. The van der Waals surface area contributed by atoms with Crippen molar-refractivity contribution in [2.45, 2.75) is 150 Å². The van der Waals surface area contributed by atoms with Gasteiger partial charge >= 0.3 is 17.8 Å². The number of aryl methyl sites for hydroxylation is 1. The Labute approximate surface area is 345 Å². The fraction of sp³-hybridized carbons (Fsp3) is 0.650. The summed E-state index contributed by atoms with van der Waals surface area (Å²) >= 11 is 0. The Morgan fingerprint density at radius 1 is 0.898 bits per heavy atom. The van der Waals surface area contributed by atoms with Crippen molar-refractivity contribution >= 4 is 30.5 Å². The number of carbonyl (C=O) groups excluding carboxylic acids is 2. The zero-order valence-corrected chi connectivity index (χ0v) is 36.9. The second kappa shape index (κ2) is 21.1. The Morgan fingerprint density at radius 3 is 2.02 bits per heavy atom. The van der Waals surface area contributed by atoms with Crippen molar-refractivity contribution in [3.8, 4) is 0 Å². The summed E-state index contributed by atoms with van der Waals surface area (Å²) in [6, 6.07) is 0. The number of carbonyl (C=O) groups is 2. The van der Waals surface area contributed by atoms with Crippen LogP contribution in [-0.2, 0) is 57.5 Å². The first-order chi connectivity index (χ1) is 27.9. The average Bonchev–Trinajstić information content (AvgIpc) is 3.82. The fourth-order valence-electron chi connectivity index (χ4n) is 6.22. The zero-order chi connectivity index (χ0) is 43.4. The van der Waals surface area contributed by atoms with Gasteiger partial charge in [0.25, 0.3) is 5.95 Å². The third kappa shape index (κ3) is 13.5. The summed E-state index contributed by atoms with van der Waals surface area (Å²) in [5.41, 5.74) is -1.52. The van der Waals surface area contributed by atoms with E-state index in [9.17, 15) is 18.9 Å². The maximum atomic E-state index is 14.8. The normalized spacial score (nSPS) is 14.5. The number of rotatable bonds is 25. The van der Waals surface area contributed by atoms with Crippen LogP contribution in [0.5, 0.6) is 0 Å². The SMILES string of the molecule is C=C1OC(C)=C(Cn2cnc3c(ncn3C[C@@H](C)OCP(=O)(NC(C)(C)C(=O)OCCCCCC)NC(C)(C)C(=O)OCCCCCC)/c2=N\Cc2oc(=O)oc2C)O1. The molecule has 0 aliphatic carbocycles. The highest BCUT2D eigenvalue weighted by atomic mass is 31.2. The number of hydrogen-bond donors (Lipinski definition) is 2. The first-order valence-corrected chi connectivity index (χ1v) is 22.2. The summed E-state index contributed by atoms with van der Waals surface area (Å²) in [4.78, 5) is 52.3. The van der Waals surface area contributed by atoms with E-state index in [-0.39, 0.29) is 44.6 Å². The van der Waals surface area contributed by atoms with Gasteiger partial charge in [0.15, 0.2) is 28.2 Å². The van der Waals surface area contributed by atoms with Crippen LogP contribution in [-0.4, -0.2) is 67.8 Å². The van der Waals surface area contributed by atoms with E-state index in [0.29, 0.717) is 33.9 Å². The van der Waals surface area contributed by atoms with Crippen LogP contribution >= 0.6 is 7.44 Å². The van der Waals surface area contributed by atoms with E-state index in [1.165, 1.54) is 0 Å². The van der Waals surface area contributed by atoms with Crippen LogP contribution in [0.4, 0.5) is 0 Å². The highest BCUT2D eigenvalue weighted by Crippen LogP contribution is 2.42. The van der Waals surface area contributed by atoms with E-state index < -0.39 is 48.7 Å². The van der Waals surface area contributed by atoms with E-state index >= 15 is 0 Å². The first kappa shape index (κ1) is 47.2. The number of unbranched alkanes of at least 4 members (excludes halogenated alkanes) is 6. The Hall–Kier alpha value is -4.51. The zero-order valence-electron chi connectivity index (χ0n) is 36.0. The number of fused-ring (bicyclic) bond motifs is 1. The molecule has 0 unspecified atom stereocenters. The van der Waals surface area contributed by atoms with Crippen LogP contribution in [0.15, 0.2) is 55.3 Å². The molecule has 0 radical (unpaired) electrons. The molecule has 0 bridgehead atoms. The van der Waals surface area contributed by atoms with Crippen molar-refractivity contribution in [1.82, 2.24) is 29.3 Å². The molecule has 4 rings (SSSR count). The summed E-state index contributed by atoms with van der Waals surface area (Å²) in [5.74, 6) is -0.232. The number of nitrogens with zero attached hydrogens (tertiary/aromatic N) is 5. The Morgan fingerprint density at radius 2 is 1.49 bits per heavy atom. The maximum Gasteiger partial charge on any atom is 0.519 e. The second-order valence-corrected chi connectivity index (χ2v) is 18.0. The van der Waals surface area contributed by atoms with Gasteiger partial charge in [-0.15, -0.1) is 0 Å². The second-order valence-electron chi connectivity index (χ2n) is 15.8. The van der Waals surface area contributed by atoms with Crippen molar-refractivity contribution in [2.24, 2.45) is 4.99 Å². The van der Waals surface area contributed by atoms with Gasteiger partial charge in [0.1, 0.15) is 35.5 Å². The lowest BCUT2D eigenvalue weighted by Gasteiger charge is -2.35. The minimum atomic E-state index is -3.90. The molecule has 1 aliphatic heterocycles. The van der Waals surface area contributed by atoms with Crippen LogP contribution < -0.4 is 21.5 Å². The van der Waals surface area contributed by atoms with Gasteiger partial charge in [-0.2, -0.15) is 0 Å². The summed E-state index contributed by atoms with van der Waals surface area (Å²) in [7, 11) is -3.90. The molecule has 1 aliphatic rings. The van der Waals surface area contributed by atoms with Crippen LogP contribution in [0.2, 0.25) is 0 Å². The van der Waals surface area contributed by atoms with Gasteiger partial charge in [-0.25, -0.2) is 24.9 Å². The molecule has 0 saturated heterocycles. The summed E-state index contributed by atoms with van der Waals surface area (Å²) in [6.45, 7) is 20.3. The largest absolute Gasteiger partial charge is 0.519 e. The maximum absolute atomic E-state index is 14.8. The third-order valence-electron chi connectivity index (χ3n) is 9.43. The lowest BCUT2D eigenvalue weighted by atomic mass is 10.1. The Bertz CT molecular complexity index is 2080. The lowest BCUT2D eigenvalue weighted by Crippen LogP contribution is -2.54. The van der Waals surface area contributed by atoms with Gasteiger partial charge in [0, 0.05) is 0 Å². The predicted molar refractivity (Wildman–Crippen MR) is 218 cm³/mol. The highest BCUT2D eigenvalue weighted by molar-refractivity contribution is 7.59. The third-order valence-corrected chi connectivity index (χ3v) is 11.8. The van der Waals surface area contributed by atoms with Gasteiger partial charge in [-0.05, 0) is 67.9 Å². The number of esters is 2. The van der Waals surface area contributed by atoms with Gasteiger partial charge in [0.2, 0.25) is 7.44 Å². The van der Waals surface area contributed by atoms with Crippen molar-refractivity contribution in [1.29, 1.82) is 0 Å². The van der Waals surface area contributed by atoms with Crippen LogP contribution in [0.1, 0.15) is 118 Å². The fourth-order valence-corrected chi connectivity index (χ4v) is 8.86. The topological polar surface area (TPSA) is 213 Å². The molecule has 0 spiro atoms. The number of imidazole rings is 1. The van der Waals surface area contributed by atoms with Crippen LogP contribution in [0, 0.1) is 6.92 Å². The summed E-state index contributed by atoms with van der Waals surface area (Å²) in [5, 5.41) is 5.94. The number of nitrogens with one attached hydrogen (secondary N) is 2. The highest BCUT2D eigenvalue weighted by Gasteiger charge is 2.43. The minimum Gasteiger partial charge on any atom is -0.464 e. The van der Waals surface area contributed by atoms with E-state index in [1.54, 1.807) is 70.3 Å². The average molecular weight is 848 g/mol. The Balaban J connectivity index is 1.56. The van der Waals surface area contributed by atoms with Crippen molar-refractivity contribution in [3.63, 3.8) is 0 Å². The summed E-state index contributed by atoms with van der Waals surface area (Å²) < 4.78 is 57.0. The van der Waals surface area contributed by atoms with Crippen LogP contribution in [0.25, 0.3) is 11.2 Å². The molecule has 1 atom stereocenters.